The van der Waals surface area contributed by atoms with Crippen LogP contribution in [0.5, 0.6) is 0 Å². The molecule has 1 heterocycles. The number of aromatic nitrogens is 1. The van der Waals surface area contributed by atoms with Gasteiger partial charge in [-0.2, -0.15) is 0 Å². The van der Waals surface area contributed by atoms with Crippen molar-refractivity contribution in [3.05, 3.63) is 17.5 Å². The average Bonchev–Trinajstić information content (AvgIpc) is 3.25. The number of rotatable bonds is 9. The lowest BCUT2D eigenvalue weighted by Gasteiger charge is -2.20. The first kappa shape index (κ1) is 21.2. The summed E-state index contributed by atoms with van der Waals surface area (Å²) in [5.74, 6) is 2.02. The molecule has 24 heavy (non-hydrogen) atoms. The summed E-state index contributed by atoms with van der Waals surface area (Å²) >= 11 is 0. The highest BCUT2D eigenvalue weighted by Gasteiger charge is 2.27. The van der Waals surface area contributed by atoms with Crippen LogP contribution in [0.2, 0.25) is 0 Å². The predicted molar refractivity (Wildman–Crippen MR) is 109 cm³/mol. The average molecular weight is 449 g/mol. The van der Waals surface area contributed by atoms with Crippen molar-refractivity contribution in [2.24, 2.45) is 4.99 Å². The first-order chi connectivity index (χ1) is 11.1. The number of hydrogen-bond acceptors (Lipinski definition) is 4. The van der Waals surface area contributed by atoms with Crippen LogP contribution in [-0.4, -0.2) is 48.2 Å². The molecule has 138 valence electrons. The van der Waals surface area contributed by atoms with Crippen molar-refractivity contribution in [1.82, 2.24) is 20.7 Å². The molecular weight excluding hydrogens is 417 g/mol. The quantitative estimate of drug-likeness (QED) is 0.345. The van der Waals surface area contributed by atoms with E-state index < -0.39 is 0 Å². The summed E-state index contributed by atoms with van der Waals surface area (Å²) in [6, 6.07) is 2.80. The van der Waals surface area contributed by atoms with Crippen LogP contribution >= 0.6 is 24.0 Å². The van der Waals surface area contributed by atoms with E-state index in [4.69, 9.17) is 4.52 Å². The summed E-state index contributed by atoms with van der Waals surface area (Å²) in [6.45, 7) is 13.0. The lowest BCUT2D eigenvalue weighted by atomic mass is 10.1. The smallest absolute Gasteiger partial charge is 0.191 e. The number of guanidine groups is 1. The highest BCUT2D eigenvalue weighted by molar-refractivity contribution is 14.0. The molecule has 1 aromatic heterocycles. The zero-order valence-electron chi connectivity index (χ0n) is 15.3. The van der Waals surface area contributed by atoms with Gasteiger partial charge in [-0.25, -0.2) is 4.99 Å². The van der Waals surface area contributed by atoms with Gasteiger partial charge >= 0.3 is 0 Å². The molecular formula is C17H32IN5O. The zero-order chi connectivity index (χ0) is 16.7. The van der Waals surface area contributed by atoms with E-state index in [1.54, 1.807) is 0 Å². The van der Waals surface area contributed by atoms with Crippen molar-refractivity contribution in [3.8, 4) is 0 Å². The van der Waals surface area contributed by atoms with Gasteiger partial charge in [-0.1, -0.05) is 25.9 Å². The Balaban J connectivity index is 0.00000288. The van der Waals surface area contributed by atoms with Crippen LogP contribution in [0.25, 0.3) is 0 Å². The molecule has 1 aromatic rings. The van der Waals surface area contributed by atoms with Gasteiger partial charge in [0.25, 0.3) is 0 Å². The van der Waals surface area contributed by atoms with E-state index in [9.17, 15) is 0 Å². The minimum absolute atomic E-state index is 0. The SMILES string of the molecule is CCNC(=NCc1cc(C(C)C)no1)NCCN(CC)C1CC1.I. The van der Waals surface area contributed by atoms with Crippen molar-refractivity contribution in [2.45, 2.75) is 59.0 Å². The largest absolute Gasteiger partial charge is 0.359 e. The van der Waals surface area contributed by atoms with Crippen LogP contribution in [0.15, 0.2) is 15.6 Å². The number of likely N-dealkylation sites (N-methyl/N-ethyl adjacent to an activating group) is 1. The molecule has 1 fully saturated rings. The molecule has 0 radical (unpaired) electrons. The minimum atomic E-state index is 0. The maximum Gasteiger partial charge on any atom is 0.191 e. The second kappa shape index (κ2) is 10.9. The molecule has 0 aromatic carbocycles. The fourth-order valence-corrected chi connectivity index (χ4v) is 2.53. The van der Waals surface area contributed by atoms with Gasteiger partial charge in [0.15, 0.2) is 11.7 Å². The molecule has 2 rings (SSSR count). The number of nitrogens with one attached hydrogen (secondary N) is 2. The Morgan fingerprint density at radius 1 is 1.38 bits per heavy atom. The Kier molecular flexibility index (Phi) is 9.65. The Hall–Kier alpha value is -0.830. The van der Waals surface area contributed by atoms with E-state index >= 15 is 0 Å². The normalized spacial score (nSPS) is 14.8. The Bertz CT molecular complexity index is 499. The van der Waals surface area contributed by atoms with E-state index in [0.29, 0.717) is 12.5 Å². The van der Waals surface area contributed by atoms with Gasteiger partial charge in [0.1, 0.15) is 6.54 Å². The van der Waals surface area contributed by atoms with Crippen LogP contribution in [0, 0.1) is 0 Å². The van der Waals surface area contributed by atoms with Crippen LogP contribution in [-0.2, 0) is 6.54 Å². The van der Waals surface area contributed by atoms with Crippen LogP contribution < -0.4 is 10.6 Å². The summed E-state index contributed by atoms with van der Waals surface area (Å²) in [5.41, 5.74) is 0.983. The van der Waals surface area contributed by atoms with Crippen molar-refractivity contribution in [2.75, 3.05) is 26.2 Å². The first-order valence-corrected chi connectivity index (χ1v) is 8.85. The van der Waals surface area contributed by atoms with E-state index in [1.165, 1.54) is 12.8 Å². The molecule has 1 saturated carbocycles. The van der Waals surface area contributed by atoms with Gasteiger partial charge in [0.05, 0.1) is 5.69 Å². The van der Waals surface area contributed by atoms with E-state index in [0.717, 1.165) is 49.6 Å². The summed E-state index contributed by atoms with van der Waals surface area (Å²) in [7, 11) is 0. The van der Waals surface area contributed by atoms with Crippen molar-refractivity contribution < 1.29 is 4.52 Å². The van der Waals surface area contributed by atoms with E-state index in [-0.39, 0.29) is 24.0 Å². The highest BCUT2D eigenvalue weighted by Crippen LogP contribution is 2.25. The third-order valence-electron chi connectivity index (χ3n) is 4.07. The van der Waals surface area contributed by atoms with E-state index in [1.807, 2.05) is 6.07 Å². The molecule has 2 N–H and O–H groups in total. The molecule has 0 aliphatic heterocycles. The van der Waals surface area contributed by atoms with Gasteiger partial charge in [0.2, 0.25) is 0 Å². The number of aliphatic imine (C=N–C) groups is 1. The summed E-state index contributed by atoms with van der Waals surface area (Å²) in [6.07, 6.45) is 2.71. The highest BCUT2D eigenvalue weighted by atomic mass is 127. The monoisotopic (exact) mass is 449 g/mol. The Morgan fingerprint density at radius 3 is 2.67 bits per heavy atom. The lowest BCUT2D eigenvalue weighted by molar-refractivity contribution is 0.282. The fourth-order valence-electron chi connectivity index (χ4n) is 2.53. The minimum Gasteiger partial charge on any atom is -0.359 e. The molecule has 1 aliphatic carbocycles. The molecule has 6 nitrogen and oxygen atoms in total. The van der Waals surface area contributed by atoms with Gasteiger partial charge in [0, 0.05) is 31.7 Å². The fraction of sp³-hybridized carbons (Fsp3) is 0.765. The summed E-state index contributed by atoms with van der Waals surface area (Å²) in [5, 5.41) is 10.8. The van der Waals surface area contributed by atoms with Gasteiger partial charge in [-0.15, -0.1) is 24.0 Å². The van der Waals surface area contributed by atoms with Crippen LogP contribution in [0.1, 0.15) is 57.9 Å². The van der Waals surface area contributed by atoms with E-state index in [2.05, 4.69) is 53.4 Å². The van der Waals surface area contributed by atoms with Crippen LogP contribution in [0.3, 0.4) is 0 Å². The van der Waals surface area contributed by atoms with Crippen molar-refractivity contribution in [3.63, 3.8) is 0 Å². The predicted octanol–water partition coefficient (Wildman–Crippen LogP) is 2.96. The standard InChI is InChI=1S/C17H31N5O.HI/c1-5-18-17(19-9-10-22(6-2)14-7-8-14)20-12-15-11-16(13(3)4)21-23-15;/h11,13-14H,5-10,12H2,1-4H3,(H2,18,19,20);1H. The first-order valence-electron chi connectivity index (χ1n) is 8.85. The second-order valence-electron chi connectivity index (χ2n) is 6.35. The topological polar surface area (TPSA) is 65.7 Å². The van der Waals surface area contributed by atoms with Gasteiger partial charge in [-0.05, 0) is 32.2 Å². The molecule has 0 bridgehead atoms. The summed E-state index contributed by atoms with van der Waals surface area (Å²) in [4.78, 5) is 7.11. The number of nitrogens with zero attached hydrogens (tertiary/aromatic N) is 3. The van der Waals surface area contributed by atoms with Crippen molar-refractivity contribution >= 4 is 29.9 Å². The number of hydrogen-bond donors (Lipinski definition) is 2. The maximum absolute atomic E-state index is 5.33. The molecule has 0 atom stereocenters. The van der Waals surface area contributed by atoms with Crippen molar-refractivity contribution in [1.29, 1.82) is 0 Å². The third kappa shape index (κ3) is 6.96. The van der Waals surface area contributed by atoms with Crippen LogP contribution in [0.4, 0.5) is 0 Å². The van der Waals surface area contributed by atoms with Gasteiger partial charge < -0.3 is 15.2 Å². The molecule has 0 spiro atoms. The molecule has 0 unspecified atom stereocenters. The second-order valence-corrected chi connectivity index (χ2v) is 6.35. The molecule has 0 saturated heterocycles. The molecule has 0 amide bonds. The zero-order valence-corrected chi connectivity index (χ0v) is 17.7. The Labute approximate surface area is 162 Å². The summed E-state index contributed by atoms with van der Waals surface area (Å²) < 4.78 is 5.33. The van der Waals surface area contributed by atoms with Gasteiger partial charge in [-0.3, -0.25) is 4.90 Å². The lowest BCUT2D eigenvalue weighted by Crippen LogP contribution is -2.42. The maximum atomic E-state index is 5.33. The molecule has 1 aliphatic rings. The Morgan fingerprint density at radius 2 is 2.12 bits per heavy atom. The third-order valence-corrected chi connectivity index (χ3v) is 4.07. The number of halogens is 1. The molecule has 7 heteroatoms.